The molecule has 2 N–H and O–H groups in total. The van der Waals surface area contributed by atoms with Crippen LogP contribution in [0.1, 0.15) is 44.3 Å². The Morgan fingerprint density at radius 1 is 1.56 bits per heavy atom. The Balaban J connectivity index is 1.82. The molecule has 0 amide bonds. The van der Waals surface area contributed by atoms with E-state index in [1.165, 1.54) is 31.4 Å². The van der Waals surface area contributed by atoms with E-state index in [1.54, 1.807) is 0 Å². The molecule has 4 heteroatoms. The van der Waals surface area contributed by atoms with Gasteiger partial charge in [-0.2, -0.15) is 16.9 Å². The van der Waals surface area contributed by atoms with Gasteiger partial charge in [-0.3, -0.25) is 4.68 Å². The lowest BCUT2D eigenvalue weighted by atomic mass is 10.3. The molecule has 90 valence electrons. The van der Waals surface area contributed by atoms with E-state index in [9.17, 15) is 0 Å². The molecule has 0 aromatic carbocycles. The Hall–Kier alpha value is -0.480. The molecule has 3 nitrogen and oxygen atoms in total. The zero-order chi connectivity index (χ0) is 11.4. The lowest BCUT2D eigenvalue weighted by Gasteiger charge is -2.08. The zero-order valence-corrected chi connectivity index (χ0v) is 10.7. The molecule has 16 heavy (non-hydrogen) atoms. The van der Waals surface area contributed by atoms with Gasteiger partial charge in [0.15, 0.2) is 0 Å². The van der Waals surface area contributed by atoms with Crippen LogP contribution < -0.4 is 5.73 Å². The first-order valence-electron chi connectivity index (χ1n) is 6.13. The molecule has 0 spiro atoms. The van der Waals surface area contributed by atoms with E-state index in [0.717, 1.165) is 11.5 Å². The maximum absolute atomic E-state index is 5.71. The van der Waals surface area contributed by atoms with Crippen LogP contribution in [0.5, 0.6) is 0 Å². The molecule has 0 radical (unpaired) electrons. The molecule has 2 rings (SSSR count). The number of hydrogen-bond acceptors (Lipinski definition) is 3. The zero-order valence-electron chi connectivity index (χ0n) is 9.93. The Labute approximate surface area is 102 Å². The summed E-state index contributed by atoms with van der Waals surface area (Å²) in [5, 5.41) is 4.64. The first kappa shape index (κ1) is 12.0. The van der Waals surface area contributed by atoms with Gasteiger partial charge in [-0.25, -0.2) is 0 Å². The van der Waals surface area contributed by atoms with Crippen molar-refractivity contribution >= 4 is 11.8 Å². The van der Waals surface area contributed by atoms with E-state index >= 15 is 0 Å². The van der Waals surface area contributed by atoms with Crippen molar-refractivity contribution in [3.8, 4) is 0 Å². The highest BCUT2D eigenvalue weighted by Crippen LogP contribution is 2.28. The van der Waals surface area contributed by atoms with Gasteiger partial charge in [0.05, 0.1) is 11.7 Å². The van der Waals surface area contributed by atoms with Gasteiger partial charge < -0.3 is 5.73 Å². The topological polar surface area (TPSA) is 43.8 Å². The molecule has 0 aliphatic heterocycles. The highest BCUT2D eigenvalue weighted by molar-refractivity contribution is 7.98. The fourth-order valence-corrected chi connectivity index (χ4v) is 3.03. The molecule has 1 atom stereocenters. The molecule has 0 saturated heterocycles. The van der Waals surface area contributed by atoms with Crippen LogP contribution in [0.25, 0.3) is 0 Å². The van der Waals surface area contributed by atoms with Gasteiger partial charge in [0, 0.05) is 23.7 Å². The molecular weight excluding hydrogens is 218 g/mol. The molecule has 1 unspecified atom stereocenters. The van der Waals surface area contributed by atoms with Crippen LogP contribution >= 0.6 is 11.8 Å². The van der Waals surface area contributed by atoms with Gasteiger partial charge in [-0.05, 0) is 25.8 Å². The predicted molar refractivity (Wildman–Crippen MR) is 69.5 cm³/mol. The molecule has 1 aromatic rings. The first-order valence-corrected chi connectivity index (χ1v) is 7.28. The van der Waals surface area contributed by atoms with E-state index < -0.39 is 0 Å². The monoisotopic (exact) mass is 239 g/mol. The van der Waals surface area contributed by atoms with Gasteiger partial charge in [-0.15, -0.1) is 0 Å². The normalized spacial score (nSPS) is 19.1. The lowest BCUT2D eigenvalue weighted by Crippen LogP contribution is -2.17. The summed E-state index contributed by atoms with van der Waals surface area (Å²) in [5.74, 6) is 2.00. The maximum atomic E-state index is 5.71. The predicted octanol–water partition coefficient (Wildman–Crippen LogP) is 2.58. The van der Waals surface area contributed by atoms with Crippen molar-refractivity contribution in [2.24, 2.45) is 5.73 Å². The number of nitrogens with zero attached hydrogens (tertiary/aromatic N) is 2. The van der Waals surface area contributed by atoms with Crippen LogP contribution in [0.3, 0.4) is 0 Å². The van der Waals surface area contributed by atoms with Crippen LogP contribution in [-0.4, -0.2) is 21.6 Å². The van der Waals surface area contributed by atoms with Gasteiger partial charge in [0.1, 0.15) is 0 Å². The highest BCUT2D eigenvalue weighted by Gasteiger charge is 2.17. The average Bonchev–Trinajstić information content (AvgIpc) is 2.85. The van der Waals surface area contributed by atoms with E-state index in [1.807, 2.05) is 18.7 Å². The minimum Gasteiger partial charge on any atom is -0.327 e. The van der Waals surface area contributed by atoms with Crippen molar-refractivity contribution in [3.05, 3.63) is 18.0 Å². The van der Waals surface area contributed by atoms with Crippen LogP contribution in [0.15, 0.2) is 12.3 Å². The van der Waals surface area contributed by atoms with Crippen LogP contribution in [0.2, 0.25) is 0 Å². The number of hydrogen-bond donors (Lipinski definition) is 1. The number of aromatic nitrogens is 2. The summed E-state index contributed by atoms with van der Waals surface area (Å²) in [6, 6.07) is 3.08. The summed E-state index contributed by atoms with van der Waals surface area (Å²) >= 11 is 1.87. The number of thioether (sulfide) groups is 1. The van der Waals surface area contributed by atoms with E-state index in [-0.39, 0.29) is 6.04 Å². The molecule has 1 aromatic heterocycles. The summed E-state index contributed by atoms with van der Waals surface area (Å²) in [7, 11) is 0. The minimum absolute atomic E-state index is 0.280. The van der Waals surface area contributed by atoms with Crippen molar-refractivity contribution in [3.63, 3.8) is 0 Å². The van der Waals surface area contributed by atoms with Crippen molar-refractivity contribution in [2.45, 2.75) is 50.4 Å². The first-order chi connectivity index (χ1) is 7.75. The fraction of sp³-hybridized carbons (Fsp3) is 0.750. The summed E-state index contributed by atoms with van der Waals surface area (Å²) < 4.78 is 2.16. The van der Waals surface area contributed by atoms with Crippen LogP contribution in [-0.2, 0) is 5.75 Å². The largest absolute Gasteiger partial charge is 0.327 e. The van der Waals surface area contributed by atoms with Gasteiger partial charge >= 0.3 is 0 Å². The second-order valence-electron chi connectivity index (χ2n) is 4.72. The van der Waals surface area contributed by atoms with E-state index in [4.69, 9.17) is 5.73 Å². The van der Waals surface area contributed by atoms with Crippen molar-refractivity contribution < 1.29 is 0 Å². The van der Waals surface area contributed by atoms with Crippen LogP contribution in [0, 0.1) is 0 Å². The third-order valence-corrected chi connectivity index (χ3v) is 4.25. The van der Waals surface area contributed by atoms with Crippen molar-refractivity contribution in [1.29, 1.82) is 0 Å². The summed E-state index contributed by atoms with van der Waals surface area (Å²) in [6.45, 7) is 2.05. The Kier molecular flexibility index (Phi) is 4.29. The Morgan fingerprint density at radius 2 is 2.31 bits per heavy atom. The van der Waals surface area contributed by atoms with Crippen LogP contribution in [0.4, 0.5) is 0 Å². The fourth-order valence-electron chi connectivity index (χ4n) is 2.18. The molecule has 0 bridgehead atoms. The highest BCUT2D eigenvalue weighted by atomic mass is 32.2. The molecule has 1 heterocycles. The van der Waals surface area contributed by atoms with Crippen molar-refractivity contribution in [1.82, 2.24) is 9.78 Å². The van der Waals surface area contributed by atoms with Gasteiger partial charge in [-0.1, -0.05) is 12.8 Å². The van der Waals surface area contributed by atoms with E-state index in [0.29, 0.717) is 6.04 Å². The Bertz CT molecular complexity index is 316. The molecule has 1 saturated carbocycles. The molecule has 1 fully saturated rings. The summed E-state index contributed by atoms with van der Waals surface area (Å²) in [5.41, 5.74) is 6.91. The quantitative estimate of drug-likeness (QED) is 0.859. The smallest absolute Gasteiger partial charge is 0.0723 e. The number of nitrogens with two attached hydrogens (primary N) is 1. The molecular formula is C12H21N3S. The molecule has 1 aliphatic rings. The lowest BCUT2D eigenvalue weighted by molar-refractivity contribution is 0.464. The minimum atomic E-state index is 0.280. The standard InChI is InChI=1S/C12H21N3S/c1-10(13)8-16-9-11-6-7-15(14-11)12-4-2-3-5-12/h6-7,10,12H,2-5,8-9,13H2,1H3. The molecule has 1 aliphatic carbocycles. The number of rotatable bonds is 5. The third kappa shape index (κ3) is 3.25. The van der Waals surface area contributed by atoms with Crippen molar-refractivity contribution in [2.75, 3.05) is 5.75 Å². The Morgan fingerprint density at radius 3 is 3.00 bits per heavy atom. The van der Waals surface area contributed by atoms with Gasteiger partial charge in [0.25, 0.3) is 0 Å². The third-order valence-electron chi connectivity index (χ3n) is 2.99. The second kappa shape index (κ2) is 5.73. The maximum Gasteiger partial charge on any atom is 0.0723 e. The average molecular weight is 239 g/mol. The SMILES string of the molecule is CC(N)CSCc1ccn(C2CCCC2)n1. The summed E-state index contributed by atoms with van der Waals surface area (Å²) in [4.78, 5) is 0. The summed E-state index contributed by atoms with van der Waals surface area (Å²) in [6.07, 6.45) is 7.46. The van der Waals surface area contributed by atoms with E-state index in [2.05, 4.69) is 22.0 Å². The second-order valence-corrected chi connectivity index (χ2v) is 5.75. The van der Waals surface area contributed by atoms with Gasteiger partial charge in [0.2, 0.25) is 0 Å².